The van der Waals surface area contributed by atoms with Gasteiger partial charge in [0.15, 0.2) is 0 Å². The van der Waals surface area contributed by atoms with Crippen LogP contribution in [-0.2, 0) is 16.6 Å². The Bertz CT molecular complexity index is 1130. The Labute approximate surface area is 174 Å². The molecule has 0 fully saturated rings. The SMILES string of the molecule is COc1cccc(CNC(=O)c2cccc(S(=O)(=O)Nc3ccccc3Cl)c2)c1. The number of halogens is 1. The van der Waals surface area contributed by atoms with E-state index in [1.54, 1.807) is 37.4 Å². The van der Waals surface area contributed by atoms with Crippen molar-refractivity contribution in [3.63, 3.8) is 0 Å². The fraction of sp³-hybridized carbons (Fsp3) is 0.0952. The zero-order valence-electron chi connectivity index (χ0n) is 15.6. The maximum atomic E-state index is 12.7. The van der Waals surface area contributed by atoms with Crippen molar-refractivity contribution < 1.29 is 17.9 Å². The molecule has 0 aliphatic carbocycles. The van der Waals surface area contributed by atoms with Gasteiger partial charge in [-0.2, -0.15) is 0 Å². The largest absolute Gasteiger partial charge is 0.497 e. The van der Waals surface area contributed by atoms with Gasteiger partial charge in [0, 0.05) is 12.1 Å². The molecule has 0 heterocycles. The fourth-order valence-electron chi connectivity index (χ4n) is 2.62. The monoisotopic (exact) mass is 430 g/mol. The third kappa shape index (κ3) is 5.28. The summed E-state index contributed by atoms with van der Waals surface area (Å²) >= 11 is 6.02. The highest BCUT2D eigenvalue weighted by Gasteiger charge is 2.17. The van der Waals surface area contributed by atoms with Gasteiger partial charge in [-0.25, -0.2) is 8.42 Å². The third-order valence-electron chi connectivity index (χ3n) is 4.11. The van der Waals surface area contributed by atoms with Gasteiger partial charge in [-0.15, -0.1) is 0 Å². The van der Waals surface area contributed by atoms with Gasteiger partial charge in [-0.05, 0) is 48.0 Å². The number of ether oxygens (including phenoxy) is 1. The Morgan fingerprint density at radius 2 is 1.76 bits per heavy atom. The molecule has 0 aliphatic heterocycles. The van der Waals surface area contributed by atoms with Crippen LogP contribution in [0.3, 0.4) is 0 Å². The number of carbonyl (C=O) groups excluding carboxylic acids is 1. The molecule has 0 bridgehead atoms. The van der Waals surface area contributed by atoms with E-state index in [0.717, 1.165) is 5.56 Å². The molecular formula is C21H19ClN2O4S. The van der Waals surface area contributed by atoms with Crippen LogP contribution in [0.15, 0.2) is 77.7 Å². The third-order valence-corrected chi connectivity index (χ3v) is 5.80. The van der Waals surface area contributed by atoms with Crippen LogP contribution in [0.25, 0.3) is 0 Å². The average Bonchev–Trinajstić information content (AvgIpc) is 2.74. The van der Waals surface area contributed by atoms with Crippen LogP contribution in [-0.4, -0.2) is 21.4 Å². The van der Waals surface area contributed by atoms with Crippen molar-refractivity contribution in [2.75, 3.05) is 11.8 Å². The first-order valence-corrected chi connectivity index (χ1v) is 10.5. The maximum Gasteiger partial charge on any atom is 0.261 e. The van der Waals surface area contributed by atoms with Gasteiger partial charge in [0.05, 0.1) is 22.7 Å². The van der Waals surface area contributed by atoms with E-state index >= 15 is 0 Å². The summed E-state index contributed by atoms with van der Waals surface area (Å²) in [6, 6.07) is 19.6. The van der Waals surface area contributed by atoms with Crippen molar-refractivity contribution in [1.82, 2.24) is 5.32 Å². The van der Waals surface area contributed by atoms with Crippen LogP contribution in [0, 0.1) is 0 Å². The van der Waals surface area contributed by atoms with Crippen LogP contribution in [0.1, 0.15) is 15.9 Å². The summed E-state index contributed by atoms with van der Waals surface area (Å²) < 4.78 is 32.9. The fourth-order valence-corrected chi connectivity index (χ4v) is 3.98. The number of amides is 1. The van der Waals surface area contributed by atoms with Gasteiger partial charge in [-0.3, -0.25) is 9.52 Å². The number of methoxy groups -OCH3 is 1. The van der Waals surface area contributed by atoms with Gasteiger partial charge < -0.3 is 10.1 Å². The molecule has 3 aromatic carbocycles. The van der Waals surface area contributed by atoms with Gasteiger partial charge in [0.25, 0.3) is 15.9 Å². The number of benzene rings is 3. The summed E-state index contributed by atoms with van der Waals surface area (Å²) in [7, 11) is -2.33. The second-order valence-corrected chi connectivity index (χ2v) is 8.24. The summed E-state index contributed by atoms with van der Waals surface area (Å²) in [4.78, 5) is 12.4. The van der Waals surface area contributed by atoms with E-state index in [1.807, 2.05) is 24.3 Å². The Morgan fingerprint density at radius 3 is 2.52 bits per heavy atom. The van der Waals surface area contributed by atoms with E-state index in [2.05, 4.69) is 10.0 Å². The molecule has 0 atom stereocenters. The molecule has 8 heteroatoms. The molecule has 150 valence electrons. The molecule has 3 aromatic rings. The van der Waals surface area contributed by atoms with Crippen molar-refractivity contribution in [2.45, 2.75) is 11.4 Å². The van der Waals surface area contributed by atoms with Crippen LogP contribution in [0.5, 0.6) is 5.75 Å². The summed E-state index contributed by atoms with van der Waals surface area (Å²) in [5.41, 5.74) is 1.36. The quantitative estimate of drug-likeness (QED) is 0.591. The number of anilines is 1. The first-order chi connectivity index (χ1) is 13.9. The van der Waals surface area contributed by atoms with E-state index in [0.29, 0.717) is 5.75 Å². The lowest BCUT2D eigenvalue weighted by molar-refractivity contribution is 0.0950. The number of hydrogen-bond donors (Lipinski definition) is 2. The average molecular weight is 431 g/mol. The topological polar surface area (TPSA) is 84.5 Å². The minimum absolute atomic E-state index is 0.0357. The second kappa shape index (κ2) is 8.98. The zero-order valence-corrected chi connectivity index (χ0v) is 17.1. The summed E-state index contributed by atoms with van der Waals surface area (Å²) in [5.74, 6) is 0.304. The second-order valence-electron chi connectivity index (χ2n) is 6.15. The van der Waals surface area contributed by atoms with Crippen molar-refractivity contribution >= 4 is 33.2 Å². The summed E-state index contributed by atoms with van der Waals surface area (Å²) in [6.45, 7) is 0.283. The van der Waals surface area contributed by atoms with Crippen LogP contribution in [0.2, 0.25) is 5.02 Å². The van der Waals surface area contributed by atoms with Crippen molar-refractivity contribution in [3.8, 4) is 5.75 Å². The highest BCUT2D eigenvalue weighted by atomic mass is 35.5. The number of hydrogen-bond acceptors (Lipinski definition) is 4. The van der Waals surface area contributed by atoms with E-state index in [-0.39, 0.29) is 33.6 Å². The van der Waals surface area contributed by atoms with E-state index in [1.165, 1.54) is 18.2 Å². The van der Waals surface area contributed by atoms with E-state index in [9.17, 15) is 13.2 Å². The number of para-hydroxylation sites is 1. The zero-order chi connectivity index (χ0) is 20.9. The smallest absolute Gasteiger partial charge is 0.261 e. The first-order valence-electron chi connectivity index (χ1n) is 8.67. The predicted molar refractivity (Wildman–Crippen MR) is 113 cm³/mol. The molecule has 0 unspecified atom stereocenters. The lowest BCUT2D eigenvalue weighted by Crippen LogP contribution is -2.23. The molecule has 0 saturated carbocycles. The first kappa shape index (κ1) is 20.7. The highest BCUT2D eigenvalue weighted by molar-refractivity contribution is 7.92. The minimum Gasteiger partial charge on any atom is -0.497 e. The molecule has 2 N–H and O–H groups in total. The van der Waals surface area contributed by atoms with Crippen molar-refractivity contribution in [2.24, 2.45) is 0 Å². The molecule has 0 radical (unpaired) electrons. The molecule has 0 aromatic heterocycles. The lowest BCUT2D eigenvalue weighted by Gasteiger charge is -2.11. The molecular weight excluding hydrogens is 412 g/mol. The Hall–Kier alpha value is -3.03. The Kier molecular flexibility index (Phi) is 6.41. The van der Waals surface area contributed by atoms with Crippen molar-refractivity contribution in [3.05, 3.63) is 88.9 Å². The molecule has 0 aliphatic rings. The lowest BCUT2D eigenvalue weighted by atomic mass is 10.2. The predicted octanol–water partition coefficient (Wildman–Crippen LogP) is 4.08. The molecule has 3 rings (SSSR count). The molecule has 0 spiro atoms. The van der Waals surface area contributed by atoms with Crippen LogP contribution >= 0.6 is 11.6 Å². The number of sulfonamides is 1. The normalized spacial score (nSPS) is 11.0. The standard InChI is InChI=1S/C21H19ClN2O4S/c1-28-17-8-4-6-15(12-17)14-23-21(25)16-7-5-9-18(13-16)29(26,27)24-20-11-3-2-10-19(20)22/h2-13,24H,14H2,1H3,(H,23,25). The maximum absolute atomic E-state index is 12.7. The van der Waals surface area contributed by atoms with Gasteiger partial charge in [-0.1, -0.05) is 41.9 Å². The molecule has 0 saturated heterocycles. The van der Waals surface area contributed by atoms with Crippen LogP contribution < -0.4 is 14.8 Å². The minimum atomic E-state index is -3.90. The summed E-state index contributed by atoms with van der Waals surface area (Å²) in [5, 5.41) is 3.05. The van der Waals surface area contributed by atoms with Crippen molar-refractivity contribution in [1.29, 1.82) is 0 Å². The molecule has 29 heavy (non-hydrogen) atoms. The highest BCUT2D eigenvalue weighted by Crippen LogP contribution is 2.24. The van der Waals surface area contributed by atoms with E-state index < -0.39 is 10.0 Å². The van der Waals surface area contributed by atoms with Gasteiger partial charge in [0.1, 0.15) is 5.75 Å². The summed E-state index contributed by atoms with van der Waals surface area (Å²) in [6.07, 6.45) is 0. The number of rotatable bonds is 7. The number of nitrogens with one attached hydrogen (secondary N) is 2. The number of carbonyl (C=O) groups is 1. The Morgan fingerprint density at radius 1 is 1.00 bits per heavy atom. The molecule has 6 nitrogen and oxygen atoms in total. The van der Waals surface area contributed by atoms with Crippen LogP contribution in [0.4, 0.5) is 5.69 Å². The Balaban J connectivity index is 1.74. The van der Waals surface area contributed by atoms with Gasteiger partial charge >= 0.3 is 0 Å². The molecule has 1 amide bonds. The van der Waals surface area contributed by atoms with Gasteiger partial charge in [0.2, 0.25) is 0 Å². The van der Waals surface area contributed by atoms with E-state index in [4.69, 9.17) is 16.3 Å².